The molecule has 0 fully saturated rings. The number of benzene rings is 2. The Morgan fingerprint density at radius 3 is 2.34 bits per heavy atom. The highest BCUT2D eigenvalue weighted by Crippen LogP contribution is 2.44. The van der Waals surface area contributed by atoms with Crippen molar-refractivity contribution in [3.05, 3.63) is 60.0 Å². The van der Waals surface area contributed by atoms with Crippen molar-refractivity contribution in [1.82, 2.24) is 4.98 Å². The summed E-state index contributed by atoms with van der Waals surface area (Å²) in [6.07, 6.45) is 3.78. The highest BCUT2D eigenvalue weighted by Gasteiger charge is 2.49. The Morgan fingerprint density at radius 2 is 1.81 bits per heavy atom. The van der Waals surface area contributed by atoms with E-state index in [4.69, 9.17) is 11.2 Å². The van der Waals surface area contributed by atoms with Gasteiger partial charge in [0.1, 0.15) is 5.82 Å². The number of terminal acetylenes is 1. The van der Waals surface area contributed by atoms with Gasteiger partial charge in [0.25, 0.3) is 0 Å². The average molecular weight is 455 g/mol. The lowest BCUT2D eigenvalue weighted by Gasteiger charge is -2.27. The normalized spacial score (nSPS) is 15.1. The zero-order valence-corrected chi connectivity index (χ0v) is 18.8. The highest BCUT2D eigenvalue weighted by molar-refractivity contribution is 7.42. The number of para-hydroxylation sites is 1. The third kappa shape index (κ3) is 4.05. The summed E-state index contributed by atoms with van der Waals surface area (Å²) >= 11 is 0. The van der Waals surface area contributed by atoms with Crippen molar-refractivity contribution in [2.24, 2.45) is 0 Å². The molecule has 1 aromatic heterocycles. The van der Waals surface area contributed by atoms with Gasteiger partial charge in [-0.2, -0.15) is 0 Å². The monoisotopic (exact) mass is 455 g/mol. The van der Waals surface area contributed by atoms with Crippen molar-refractivity contribution in [3.8, 4) is 29.2 Å². The molecular formula is C24H23FNO5P. The predicted molar refractivity (Wildman–Crippen MR) is 121 cm³/mol. The van der Waals surface area contributed by atoms with E-state index in [0.29, 0.717) is 27.7 Å². The van der Waals surface area contributed by atoms with E-state index in [1.165, 1.54) is 24.3 Å². The predicted octanol–water partition coefficient (Wildman–Crippen LogP) is 4.29. The number of pyridine rings is 1. The summed E-state index contributed by atoms with van der Waals surface area (Å²) in [5.41, 5.74) is 2.05. The maximum atomic E-state index is 13.6. The van der Waals surface area contributed by atoms with E-state index in [9.17, 15) is 23.7 Å². The molecule has 0 saturated carbocycles. The van der Waals surface area contributed by atoms with Crippen molar-refractivity contribution in [3.63, 3.8) is 0 Å². The first kappa shape index (κ1) is 23.6. The minimum Gasteiger partial charge on any atom is -0.422 e. The number of hydrogen-bond donors (Lipinski definition) is 2. The first-order valence-corrected chi connectivity index (χ1v) is 11.3. The largest absolute Gasteiger partial charge is 0.422 e. The lowest BCUT2D eigenvalue weighted by molar-refractivity contribution is -0.138. The summed E-state index contributed by atoms with van der Waals surface area (Å²) in [6, 6.07) is 12.8. The zero-order valence-electron chi connectivity index (χ0n) is 17.8. The van der Waals surface area contributed by atoms with Crippen LogP contribution in [0.2, 0.25) is 0 Å². The summed E-state index contributed by atoms with van der Waals surface area (Å²) < 4.78 is 31.4. The van der Waals surface area contributed by atoms with Crippen molar-refractivity contribution in [1.29, 1.82) is 0 Å². The van der Waals surface area contributed by atoms with E-state index in [1.54, 1.807) is 18.2 Å². The molecule has 0 saturated heterocycles. The van der Waals surface area contributed by atoms with Gasteiger partial charge in [-0.05, 0) is 36.6 Å². The van der Waals surface area contributed by atoms with E-state index >= 15 is 0 Å². The van der Waals surface area contributed by atoms with Gasteiger partial charge in [0.15, 0.2) is 5.75 Å². The SMILES string of the molecule is C#CC(C(=O)Oc1c(C(C)C)nc2ccccc2c1-c1ccc(F)cc1)(C(C)O)[PH](=O)O. The standard InChI is InChI=1S/C24H23FNO5P/c1-5-24(15(4)27,32(29)30)23(28)31-22-20(16-10-12-17(25)13-11-16)18-8-6-7-9-19(18)26-21(22)14(2)3/h1,6-15,27,32H,2-4H3,(H,29,30). The minimum absolute atomic E-state index is 0.0406. The van der Waals surface area contributed by atoms with E-state index < -0.39 is 31.1 Å². The van der Waals surface area contributed by atoms with Gasteiger partial charge in [0, 0.05) is 10.9 Å². The van der Waals surface area contributed by atoms with Crippen LogP contribution in [0.4, 0.5) is 4.39 Å². The van der Waals surface area contributed by atoms with Crippen LogP contribution >= 0.6 is 8.03 Å². The number of nitrogens with zero attached hydrogens (tertiary/aromatic N) is 1. The number of ether oxygens (including phenoxy) is 1. The number of aliphatic hydroxyl groups excluding tert-OH is 1. The van der Waals surface area contributed by atoms with Crippen LogP contribution in [0.15, 0.2) is 48.5 Å². The third-order valence-corrected chi connectivity index (χ3v) is 6.70. The van der Waals surface area contributed by atoms with Crippen LogP contribution in [0.3, 0.4) is 0 Å². The average Bonchev–Trinajstić information content (AvgIpc) is 2.74. The quantitative estimate of drug-likeness (QED) is 0.327. The van der Waals surface area contributed by atoms with E-state index in [2.05, 4.69) is 4.98 Å². The molecule has 0 aliphatic rings. The number of rotatable bonds is 6. The van der Waals surface area contributed by atoms with Gasteiger partial charge in [-0.1, -0.05) is 50.1 Å². The molecule has 32 heavy (non-hydrogen) atoms. The van der Waals surface area contributed by atoms with E-state index in [-0.39, 0.29) is 11.7 Å². The summed E-state index contributed by atoms with van der Waals surface area (Å²) in [7, 11) is -3.74. The number of hydrogen-bond acceptors (Lipinski definition) is 5. The number of aromatic nitrogens is 1. The summed E-state index contributed by atoms with van der Waals surface area (Å²) in [4.78, 5) is 27.6. The Kier molecular flexibility index (Phi) is 6.80. The molecular weight excluding hydrogens is 432 g/mol. The van der Waals surface area contributed by atoms with Crippen LogP contribution in [-0.2, 0) is 9.36 Å². The second kappa shape index (κ2) is 9.22. The fourth-order valence-electron chi connectivity index (χ4n) is 3.46. The number of halogens is 1. The molecule has 0 aliphatic carbocycles. The maximum Gasteiger partial charge on any atom is 0.342 e. The highest BCUT2D eigenvalue weighted by atomic mass is 31.1. The smallest absolute Gasteiger partial charge is 0.342 e. The Labute approximate surface area is 185 Å². The van der Waals surface area contributed by atoms with Gasteiger partial charge >= 0.3 is 5.97 Å². The van der Waals surface area contributed by atoms with Gasteiger partial charge in [0.05, 0.1) is 17.3 Å². The first-order valence-electron chi connectivity index (χ1n) is 9.93. The molecule has 3 unspecified atom stereocenters. The molecule has 2 aromatic carbocycles. The van der Waals surface area contributed by atoms with Crippen LogP contribution in [0.5, 0.6) is 5.75 Å². The Bertz CT molecular complexity index is 1230. The zero-order chi connectivity index (χ0) is 23.6. The Hall–Kier alpha value is -3.04. The molecule has 8 heteroatoms. The molecule has 6 nitrogen and oxygen atoms in total. The molecule has 3 rings (SSSR count). The molecule has 3 atom stereocenters. The first-order chi connectivity index (χ1) is 15.1. The van der Waals surface area contributed by atoms with Crippen LogP contribution in [0.25, 0.3) is 22.0 Å². The molecule has 0 radical (unpaired) electrons. The molecule has 166 valence electrons. The van der Waals surface area contributed by atoms with Gasteiger partial charge in [-0.15, -0.1) is 6.42 Å². The van der Waals surface area contributed by atoms with Crippen LogP contribution < -0.4 is 4.74 Å². The Morgan fingerprint density at radius 1 is 1.19 bits per heavy atom. The molecule has 0 amide bonds. The van der Waals surface area contributed by atoms with E-state index in [1.807, 2.05) is 25.8 Å². The van der Waals surface area contributed by atoms with Gasteiger partial charge < -0.3 is 14.7 Å². The minimum atomic E-state index is -3.74. The molecule has 0 spiro atoms. The van der Waals surface area contributed by atoms with Crippen molar-refractivity contribution < 1.29 is 28.5 Å². The van der Waals surface area contributed by atoms with Crippen LogP contribution in [0.1, 0.15) is 32.4 Å². The second-order valence-corrected chi connectivity index (χ2v) is 9.10. The number of esters is 1. The molecule has 0 bridgehead atoms. The third-order valence-electron chi connectivity index (χ3n) is 5.26. The number of aliphatic hydroxyl groups is 1. The fourth-order valence-corrected chi connectivity index (χ4v) is 4.17. The maximum absolute atomic E-state index is 13.6. The van der Waals surface area contributed by atoms with Crippen molar-refractivity contribution in [2.45, 2.75) is 37.9 Å². The number of fused-ring (bicyclic) bond motifs is 1. The number of carbonyl (C=O) groups is 1. The molecule has 1 heterocycles. The van der Waals surface area contributed by atoms with E-state index in [0.717, 1.165) is 6.92 Å². The molecule has 0 aliphatic heterocycles. The van der Waals surface area contributed by atoms with Crippen LogP contribution in [0, 0.1) is 18.2 Å². The summed E-state index contributed by atoms with van der Waals surface area (Å²) in [5, 5.41) is 8.32. The van der Waals surface area contributed by atoms with Crippen molar-refractivity contribution in [2.75, 3.05) is 0 Å². The van der Waals surface area contributed by atoms with Gasteiger partial charge in [-0.3, -0.25) is 4.57 Å². The van der Waals surface area contributed by atoms with Crippen LogP contribution in [-0.4, -0.2) is 32.2 Å². The van der Waals surface area contributed by atoms with Gasteiger partial charge in [0.2, 0.25) is 13.2 Å². The molecule has 3 aromatic rings. The lowest BCUT2D eigenvalue weighted by Crippen LogP contribution is -2.46. The van der Waals surface area contributed by atoms with Gasteiger partial charge in [-0.25, -0.2) is 14.2 Å². The van der Waals surface area contributed by atoms with Crippen molar-refractivity contribution >= 4 is 24.9 Å². The number of carbonyl (C=O) groups excluding carboxylic acids is 1. The second-order valence-electron chi connectivity index (χ2n) is 7.70. The topological polar surface area (TPSA) is 96.7 Å². The molecule has 2 N–H and O–H groups in total. The fraction of sp³-hybridized carbons (Fsp3) is 0.250. The Balaban J connectivity index is 2.34. The summed E-state index contributed by atoms with van der Waals surface area (Å²) in [5.74, 6) is 0.138. The lowest BCUT2D eigenvalue weighted by atomic mass is 9.95. The summed E-state index contributed by atoms with van der Waals surface area (Å²) in [6.45, 7) is 4.85.